The molecule has 2 N–H and O–H groups in total. The smallest absolute Gasteiger partial charge is 0.212 e. The van der Waals surface area contributed by atoms with Crippen LogP contribution in [0.1, 0.15) is 24.7 Å². The van der Waals surface area contributed by atoms with Gasteiger partial charge in [-0.05, 0) is 41.8 Å². The molecule has 0 spiro atoms. The van der Waals surface area contributed by atoms with Crippen LogP contribution < -0.4 is 10.5 Å². The second-order valence-electron chi connectivity index (χ2n) is 4.61. The van der Waals surface area contributed by atoms with Gasteiger partial charge in [0.1, 0.15) is 5.75 Å². The first-order valence-electron chi connectivity index (χ1n) is 6.48. The number of hydrogen-bond donors (Lipinski definition) is 1. The Morgan fingerprint density at radius 3 is 2.90 bits per heavy atom. The highest BCUT2D eigenvalue weighted by Crippen LogP contribution is 2.25. The Labute approximate surface area is 122 Å². The predicted octanol–water partition coefficient (Wildman–Crippen LogP) is 1.72. The highest BCUT2D eigenvalue weighted by molar-refractivity contribution is 6.30. The van der Waals surface area contributed by atoms with Gasteiger partial charge in [0, 0.05) is 11.1 Å². The first kappa shape index (κ1) is 14.7. The Morgan fingerprint density at radius 1 is 1.45 bits per heavy atom. The van der Waals surface area contributed by atoms with Crippen molar-refractivity contribution in [1.82, 2.24) is 20.2 Å². The van der Waals surface area contributed by atoms with E-state index in [2.05, 4.69) is 22.3 Å². The summed E-state index contributed by atoms with van der Waals surface area (Å²) >= 11 is 6.03. The lowest BCUT2D eigenvalue weighted by atomic mass is 10.0. The van der Waals surface area contributed by atoms with E-state index in [4.69, 9.17) is 22.1 Å². The van der Waals surface area contributed by atoms with Crippen LogP contribution in [0, 0.1) is 0 Å². The minimum atomic E-state index is 0.0884. The normalized spacial score (nSPS) is 12.4. The van der Waals surface area contributed by atoms with Crippen molar-refractivity contribution < 1.29 is 4.74 Å². The molecular formula is C13H18ClN5O. The molecule has 20 heavy (non-hydrogen) atoms. The zero-order valence-corrected chi connectivity index (χ0v) is 12.3. The molecule has 2 aromatic rings. The van der Waals surface area contributed by atoms with E-state index >= 15 is 0 Å². The van der Waals surface area contributed by atoms with Gasteiger partial charge in [0.2, 0.25) is 5.82 Å². The quantitative estimate of drug-likeness (QED) is 0.878. The summed E-state index contributed by atoms with van der Waals surface area (Å²) in [6.07, 6.45) is 1.62. The fourth-order valence-electron chi connectivity index (χ4n) is 1.80. The number of aryl methyl sites for hydroxylation is 1. The van der Waals surface area contributed by atoms with E-state index < -0.39 is 0 Å². The molecule has 6 nitrogen and oxygen atoms in total. The first-order valence-corrected chi connectivity index (χ1v) is 6.86. The molecule has 0 saturated heterocycles. The highest BCUT2D eigenvalue weighted by Gasteiger charge is 2.10. The van der Waals surface area contributed by atoms with E-state index in [0.29, 0.717) is 10.8 Å². The van der Waals surface area contributed by atoms with Crippen LogP contribution in [-0.2, 0) is 20.1 Å². The van der Waals surface area contributed by atoms with Gasteiger partial charge in [-0.15, -0.1) is 10.2 Å². The van der Waals surface area contributed by atoms with Crippen molar-refractivity contribution in [3.8, 4) is 5.75 Å². The van der Waals surface area contributed by atoms with Gasteiger partial charge in [0.25, 0.3) is 0 Å². The fourth-order valence-corrected chi connectivity index (χ4v) is 1.99. The van der Waals surface area contributed by atoms with E-state index in [0.717, 1.165) is 24.2 Å². The molecule has 0 aliphatic carbocycles. The summed E-state index contributed by atoms with van der Waals surface area (Å²) in [5, 5.41) is 12.4. The van der Waals surface area contributed by atoms with Gasteiger partial charge in [-0.25, -0.2) is 0 Å². The van der Waals surface area contributed by atoms with Gasteiger partial charge >= 0.3 is 0 Å². The summed E-state index contributed by atoms with van der Waals surface area (Å²) in [6.45, 7) is 2.32. The molecule has 1 heterocycles. The minimum Gasteiger partial charge on any atom is -0.485 e. The molecule has 0 saturated carbocycles. The van der Waals surface area contributed by atoms with Crippen LogP contribution in [0.2, 0.25) is 5.02 Å². The minimum absolute atomic E-state index is 0.0884. The van der Waals surface area contributed by atoms with Crippen LogP contribution in [-0.4, -0.2) is 26.2 Å². The number of halogens is 1. The van der Waals surface area contributed by atoms with E-state index in [1.807, 2.05) is 12.1 Å². The Balaban J connectivity index is 2.09. The average molecular weight is 296 g/mol. The number of nitrogens with zero attached hydrogens (tertiary/aromatic N) is 4. The fraction of sp³-hybridized carbons (Fsp3) is 0.462. The number of tetrazole rings is 1. The SMILES string of the molecule is CCC(N)Cc1cc(Cl)ccc1OCc1nnn(C)n1. The number of aromatic nitrogens is 4. The third-order valence-corrected chi connectivity index (χ3v) is 3.17. The molecule has 108 valence electrons. The summed E-state index contributed by atoms with van der Waals surface area (Å²) in [6, 6.07) is 5.61. The molecule has 0 bridgehead atoms. The first-order chi connectivity index (χ1) is 9.58. The standard InChI is InChI=1S/C13H18ClN5O/c1-3-11(15)7-9-6-10(14)4-5-12(9)20-8-13-16-18-19(2)17-13/h4-6,11H,3,7-8,15H2,1-2H3. The third kappa shape index (κ3) is 3.91. The third-order valence-electron chi connectivity index (χ3n) is 2.94. The van der Waals surface area contributed by atoms with Crippen molar-refractivity contribution in [1.29, 1.82) is 0 Å². The van der Waals surface area contributed by atoms with Gasteiger partial charge < -0.3 is 10.5 Å². The lowest BCUT2D eigenvalue weighted by Gasteiger charge is -2.14. The monoisotopic (exact) mass is 295 g/mol. The largest absolute Gasteiger partial charge is 0.485 e. The lowest BCUT2D eigenvalue weighted by molar-refractivity contribution is 0.291. The molecule has 0 fully saturated rings. The Bertz CT molecular complexity index is 572. The van der Waals surface area contributed by atoms with Crippen LogP contribution in [0.4, 0.5) is 0 Å². The molecule has 1 aromatic carbocycles. The molecule has 1 aromatic heterocycles. The number of ether oxygens (including phenoxy) is 1. The highest BCUT2D eigenvalue weighted by atomic mass is 35.5. The zero-order valence-electron chi connectivity index (χ0n) is 11.6. The Kier molecular flexibility index (Phi) is 4.92. The second-order valence-corrected chi connectivity index (χ2v) is 5.04. The van der Waals surface area contributed by atoms with Gasteiger partial charge in [-0.3, -0.25) is 0 Å². The van der Waals surface area contributed by atoms with E-state index in [-0.39, 0.29) is 12.6 Å². The number of nitrogens with two attached hydrogens (primary N) is 1. The maximum absolute atomic E-state index is 6.03. The Morgan fingerprint density at radius 2 is 2.25 bits per heavy atom. The van der Waals surface area contributed by atoms with Crippen LogP contribution in [0.25, 0.3) is 0 Å². The molecule has 1 unspecified atom stereocenters. The van der Waals surface area contributed by atoms with E-state index in [9.17, 15) is 0 Å². The van der Waals surface area contributed by atoms with Crippen LogP contribution in [0.5, 0.6) is 5.75 Å². The van der Waals surface area contributed by atoms with Gasteiger partial charge in [0.05, 0.1) is 7.05 Å². The predicted molar refractivity (Wildman–Crippen MR) is 76.6 cm³/mol. The average Bonchev–Trinajstić information content (AvgIpc) is 2.83. The van der Waals surface area contributed by atoms with Crippen LogP contribution >= 0.6 is 11.6 Å². The van der Waals surface area contributed by atoms with E-state index in [1.165, 1.54) is 4.80 Å². The summed E-state index contributed by atoms with van der Waals surface area (Å²) in [7, 11) is 1.71. The van der Waals surface area contributed by atoms with Gasteiger partial charge in [-0.1, -0.05) is 18.5 Å². The topological polar surface area (TPSA) is 78.9 Å². The summed E-state index contributed by atoms with van der Waals surface area (Å²) < 4.78 is 5.74. The van der Waals surface area contributed by atoms with E-state index in [1.54, 1.807) is 13.1 Å². The maximum Gasteiger partial charge on any atom is 0.212 e. The van der Waals surface area contributed by atoms with Crippen molar-refractivity contribution in [2.45, 2.75) is 32.4 Å². The molecule has 1 atom stereocenters. The zero-order chi connectivity index (χ0) is 14.5. The van der Waals surface area contributed by atoms with Crippen molar-refractivity contribution in [2.24, 2.45) is 12.8 Å². The summed E-state index contributed by atoms with van der Waals surface area (Å²) in [5.74, 6) is 1.29. The van der Waals surface area contributed by atoms with Gasteiger partial charge in [0.15, 0.2) is 6.61 Å². The number of benzene rings is 1. The van der Waals surface area contributed by atoms with Crippen molar-refractivity contribution in [3.05, 3.63) is 34.6 Å². The molecule has 7 heteroatoms. The van der Waals surface area contributed by atoms with Crippen LogP contribution in [0.3, 0.4) is 0 Å². The van der Waals surface area contributed by atoms with Crippen molar-refractivity contribution >= 4 is 11.6 Å². The molecule has 0 aliphatic rings. The number of rotatable bonds is 6. The molecule has 0 radical (unpaired) electrons. The summed E-state index contributed by atoms with van der Waals surface area (Å²) in [5.41, 5.74) is 6.99. The molecule has 0 aliphatic heterocycles. The Hall–Kier alpha value is -1.66. The molecule has 2 rings (SSSR count). The number of hydrogen-bond acceptors (Lipinski definition) is 5. The molecule has 0 amide bonds. The van der Waals surface area contributed by atoms with Gasteiger partial charge in [-0.2, -0.15) is 4.80 Å². The second kappa shape index (κ2) is 6.67. The van der Waals surface area contributed by atoms with Crippen molar-refractivity contribution in [2.75, 3.05) is 0 Å². The maximum atomic E-state index is 6.03. The molecular weight excluding hydrogens is 278 g/mol. The van der Waals surface area contributed by atoms with Crippen molar-refractivity contribution in [3.63, 3.8) is 0 Å². The summed E-state index contributed by atoms with van der Waals surface area (Å²) in [4.78, 5) is 1.40. The lowest BCUT2D eigenvalue weighted by Crippen LogP contribution is -2.21. The van der Waals surface area contributed by atoms with Crippen LogP contribution in [0.15, 0.2) is 18.2 Å².